The highest BCUT2D eigenvalue weighted by atomic mass is 35.5. The normalized spacial score (nSPS) is 10.2. The van der Waals surface area contributed by atoms with Crippen molar-refractivity contribution in [2.45, 2.75) is 0 Å². The Hall–Kier alpha value is -2.01. The van der Waals surface area contributed by atoms with E-state index in [0.717, 1.165) is 5.69 Å². The van der Waals surface area contributed by atoms with Crippen molar-refractivity contribution in [1.82, 2.24) is 9.55 Å². The zero-order valence-corrected chi connectivity index (χ0v) is 9.68. The third kappa shape index (κ3) is 2.24. The monoisotopic (exact) mass is 252 g/mol. The van der Waals surface area contributed by atoms with Gasteiger partial charge in [-0.2, -0.15) is 0 Å². The summed E-state index contributed by atoms with van der Waals surface area (Å²) in [5.74, 6) is -0.502. The molecule has 0 fully saturated rings. The molecule has 6 heteroatoms. The number of carbonyl (C=O) groups is 1. The van der Waals surface area contributed by atoms with Gasteiger partial charge in [-0.25, -0.2) is 9.78 Å². The third-order valence-electron chi connectivity index (χ3n) is 2.24. The molecule has 0 unspecified atom stereocenters. The van der Waals surface area contributed by atoms with E-state index >= 15 is 0 Å². The predicted octanol–water partition coefficient (Wildman–Crippen LogP) is 2.23. The molecule has 0 aliphatic rings. The molecule has 17 heavy (non-hydrogen) atoms. The van der Waals surface area contributed by atoms with Crippen LogP contribution in [0.15, 0.2) is 30.7 Å². The minimum atomic E-state index is -1.07. The predicted molar refractivity (Wildman–Crippen MR) is 62.1 cm³/mol. The number of carboxylic acids is 1. The van der Waals surface area contributed by atoms with Gasteiger partial charge in [0.1, 0.15) is 12.1 Å². The van der Waals surface area contributed by atoms with Crippen LogP contribution in [-0.2, 0) is 0 Å². The molecule has 1 heterocycles. The highest BCUT2D eigenvalue weighted by molar-refractivity contribution is 6.32. The SMILES string of the molecule is COc1ccc(-n2cnc(C(=O)O)c2)cc1Cl. The Bertz CT molecular complexity index is 566. The first-order valence-electron chi connectivity index (χ1n) is 4.73. The zero-order chi connectivity index (χ0) is 12.4. The first-order valence-corrected chi connectivity index (χ1v) is 5.11. The van der Waals surface area contributed by atoms with Gasteiger partial charge in [-0.15, -0.1) is 0 Å². The Kier molecular flexibility index (Phi) is 3.01. The molecule has 0 aliphatic carbocycles. The minimum Gasteiger partial charge on any atom is -0.495 e. The van der Waals surface area contributed by atoms with Gasteiger partial charge in [0.2, 0.25) is 0 Å². The lowest BCUT2D eigenvalue weighted by molar-refractivity contribution is 0.0691. The lowest BCUT2D eigenvalue weighted by Crippen LogP contribution is -1.96. The molecular weight excluding hydrogens is 244 g/mol. The van der Waals surface area contributed by atoms with Gasteiger partial charge in [0, 0.05) is 11.9 Å². The number of benzene rings is 1. The molecular formula is C11H9ClN2O3. The van der Waals surface area contributed by atoms with E-state index in [1.807, 2.05) is 0 Å². The molecule has 1 N–H and O–H groups in total. The van der Waals surface area contributed by atoms with Crippen LogP contribution >= 0.6 is 11.6 Å². The number of rotatable bonds is 3. The number of halogens is 1. The lowest BCUT2D eigenvalue weighted by Gasteiger charge is -2.06. The number of aromatic carboxylic acids is 1. The second kappa shape index (κ2) is 4.47. The number of methoxy groups -OCH3 is 1. The van der Waals surface area contributed by atoms with Crippen LogP contribution in [0.1, 0.15) is 10.5 Å². The summed E-state index contributed by atoms with van der Waals surface area (Å²) < 4.78 is 6.61. The molecule has 0 aliphatic heterocycles. The van der Waals surface area contributed by atoms with E-state index in [4.69, 9.17) is 21.4 Å². The van der Waals surface area contributed by atoms with Gasteiger partial charge in [0.25, 0.3) is 0 Å². The minimum absolute atomic E-state index is 0.0167. The van der Waals surface area contributed by atoms with Gasteiger partial charge in [0.05, 0.1) is 12.1 Å². The van der Waals surface area contributed by atoms with Crippen molar-refractivity contribution in [3.8, 4) is 11.4 Å². The maximum Gasteiger partial charge on any atom is 0.356 e. The number of imidazole rings is 1. The Morgan fingerprint density at radius 3 is 2.82 bits per heavy atom. The molecule has 5 nitrogen and oxygen atoms in total. The molecule has 0 saturated carbocycles. The molecule has 2 rings (SSSR count). The Morgan fingerprint density at radius 1 is 1.53 bits per heavy atom. The van der Waals surface area contributed by atoms with Gasteiger partial charge < -0.3 is 14.4 Å². The number of ether oxygens (including phenoxy) is 1. The summed E-state index contributed by atoms with van der Waals surface area (Å²) in [7, 11) is 1.53. The van der Waals surface area contributed by atoms with Gasteiger partial charge in [-0.05, 0) is 18.2 Å². The quantitative estimate of drug-likeness (QED) is 0.910. The van der Waals surface area contributed by atoms with Crippen LogP contribution in [-0.4, -0.2) is 27.7 Å². The van der Waals surface area contributed by atoms with Gasteiger partial charge in [-0.3, -0.25) is 0 Å². The summed E-state index contributed by atoms with van der Waals surface area (Å²) in [6, 6.07) is 5.14. The van der Waals surface area contributed by atoms with Crippen LogP contribution in [0.3, 0.4) is 0 Å². The van der Waals surface area contributed by atoms with E-state index in [2.05, 4.69) is 4.98 Å². The van der Waals surface area contributed by atoms with E-state index in [1.165, 1.54) is 19.6 Å². The average molecular weight is 253 g/mol. The summed E-state index contributed by atoms with van der Waals surface area (Å²) in [6.45, 7) is 0. The topological polar surface area (TPSA) is 64.4 Å². The summed E-state index contributed by atoms with van der Waals surface area (Å²) in [4.78, 5) is 14.4. The fourth-order valence-electron chi connectivity index (χ4n) is 1.39. The summed E-state index contributed by atoms with van der Waals surface area (Å²) in [5.41, 5.74) is 0.702. The molecule has 0 amide bonds. The molecule has 1 aromatic heterocycles. The van der Waals surface area contributed by atoms with E-state index in [-0.39, 0.29) is 5.69 Å². The maximum atomic E-state index is 10.7. The average Bonchev–Trinajstić information content (AvgIpc) is 2.78. The highest BCUT2D eigenvalue weighted by Crippen LogP contribution is 2.26. The number of aromatic nitrogens is 2. The van der Waals surface area contributed by atoms with Crippen LogP contribution in [0.25, 0.3) is 5.69 Å². The van der Waals surface area contributed by atoms with Crippen LogP contribution in [0.2, 0.25) is 5.02 Å². The number of carboxylic acid groups (broad SMARTS) is 1. The fourth-order valence-corrected chi connectivity index (χ4v) is 1.64. The van der Waals surface area contributed by atoms with Crippen molar-refractivity contribution in [2.24, 2.45) is 0 Å². The van der Waals surface area contributed by atoms with E-state index in [0.29, 0.717) is 10.8 Å². The smallest absolute Gasteiger partial charge is 0.356 e. The van der Waals surface area contributed by atoms with Crippen molar-refractivity contribution < 1.29 is 14.6 Å². The van der Waals surface area contributed by atoms with Crippen molar-refractivity contribution in [3.05, 3.63) is 41.4 Å². The Balaban J connectivity index is 2.39. The summed E-state index contributed by atoms with van der Waals surface area (Å²) in [5, 5.41) is 9.21. The van der Waals surface area contributed by atoms with Crippen molar-refractivity contribution in [3.63, 3.8) is 0 Å². The van der Waals surface area contributed by atoms with Crippen molar-refractivity contribution >= 4 is 17.6 Å². The highest BCUT2D eigenvalue weighted by Gasteiger charge is 2.08. The molecule has 0 bridgehead atoms. The molecule has 0 spiro atoms. The van der Waals surface area contributed by atoms with Crippen LogP contribution in [0.5, 0.6) is 5.75 Å². The van der Waals surface area contributed by atoms with Crippen molar-refractivity contribution in [2.75, 3.05) is 7.11 Å². The second-order valence-electron chi connectivity index (χ2n) is 3.29. The lowest BCUT2D eigenvalue weighted by atomic mass is 10.3. The maximum absolute atomic E-state index is 10.7. The van der Waals surface area contributed by atoms with Gasteiger partial charge in [-0.1, -0.05) is 11.6 Å². The molecule has 1 aromatic carbocycles. The van der Waals surface area contributed by atoms with Crippen LogP contribution in [0.4, 0.5) is 0 Å². The Labute approximate surface area is 102 Å². The third-order valence-corrected chi connectivity index (χ3v) is 2.53. The molecule has 0 radical (unpaired) electrons. The largest absolute Gasteiger partial charge is 0.495 e. The van der Waals surface area contributed by atoms with E-state index in [1.54, 1.807) is 22.8 Å². The summed E-state index contributed by atoms with van der Waals surface area (Å²) in [6.07, 6.45) is 2.84. The van der Waals surface area contributed by atoms with Crippen LogP contribution in [0, 0.1) is 0 Å². The van der Waals surface area contributed by atoms with Gasteiger partial charge >= 0.3 is 5.97 Å². The molecule has 0 saturated heterocycles. The Morgan fingerprint density at radius 2 is 2.29 bits per heavy atom. The second-order valence-corrected chi connectivity index (χ2v) is 3.70. The van der Waals surface area contributed by atoms with E-state index < -0.39 is 5.97 Å². The van der Waals surface area contributed by atoms with Crippen LogP contribution < -0.4 is 4.74 Å². The fraction of sp³-hybridized carbons (Fsp3) is 0.0909. The number of hydrogen-bond donors (Lipinski definition) is 1. The van der Waals surface area contributed by atoms with Crippen molar-refractivity contribution in [1.29, 1.82) is 0 Å². The summed E-state index contributed by atoms with van der Waals surface area (Å²) >= 11 is 5.97. The first kappa shape index (κ1) is 11.5. The zero-order valence-electron chi connectivity index (χ0n) is 8.92. The van der Waals surface area contributed by atoms with E-state index in [9.17, 15) is 4.79 Å². The number of hydrogen-bond acceptors (Lipinski definition) is 3. The standard InChI is InChI=1S/C11H9ClN2O3/c1-17-10-3-2-7(4-8(10)12)14-5-9(11(15)16)13-6-14/h2-6H,1H3,(H,15,16). The first-order chi connectivity index (χ1) is 8.11. The number of nitrogens with zero attached hydrogens (tertiary/aromatic N) is 2. The molecule has 88 valence electrons. The molecule has 2 aromatic rings. The van der Waals surface area contributed by atoms with Gasteiger partial charge in [0.15, 0.2) is 5.69 Å². The molecule has 0 atom stereocenters.